The van der Waals surface area contributed by atoms with Crippen LogP contribution < -0.4 is 9.30 Å². The topological polar surface area (TPSA) is 30.4 Å². The standard InChI is InChI=1S/C20H21N3OS2/c1-3-4-13-22-17-7-5-6-8-18(17)23(19(22)20(25)26)21-14-15-9-11-16(24-2)12-10-15/h5-12,14H,3-4,13H2,1-2H3/b21-14+. The number of benzene rings is 2. The number of hydrogen-bond acceptors (Lipinski definition) is 4. The molecule has 0 aliphatic rings. The van der Waals surface area contributed by atoms with Gasteiger partial charge in [0.2, 0.25) is 5.52 Å². The van der Waals surface area contributed by atoms with E-state index in [4.69, 9.17) is 29.6 Å². The molecule has 0 atom stereocenters. The molecule has 3 aromatic rings. The Kier molecular flexibility index (Phi) is 5.96. The Labute approximate surface area is 164 Å². The number of methoxy groups -OCH3 is 1. The van der Waals surface area contributed by atoms with Gasteiger partial charge < -0.3 is 29.6 Å². The number of ether oxygens (including phenoxy) is 1. The molecule has 26 heavy (non-hydrogen) atoms. The van der Waals surface area contributed by atoms with Crippen LogP contribution in [0.1, 0.15) is 31.2 Å². The molecule has 0 fully saturated rings. The van der Waals surface area contributed by atoms with Crippen LogP contribution >= 0.6 is 12.2 Å². The molecule has 4 nitrogen and oxygen atoms in total. The van der Waals surface area contributed by atoms with Crippen molar-refractivity contribution in [3.8, 4) is 5.75 Å². The van der Waals surface area contributed by atoms with Gasteiger partial charge in [0.05, 0.1) is 19.9 Å². The van der Waals surface area contributed by atoms with Gasteiger partial charge >= 0.3 is 0 Å². The molecule has 3 rings (SSSR count). The molecule has 0 saturated heterocycles. The smallest absolute Gasteiger partial charge is 0.295 e. The maximum Gasteiger partial charge on any atom is 0.295 e. The monoisotopic (exact) mass is 383 g/mol. The fourth-order valence-corrected chi connectivity index (χ4v) is 3.28. The Morgan fingerprint density at radius 2 is 1.96 bits per heavy atom. The Morgan fingerprint density at radius 1 is 1.23 bits per heavy atom. The summed E-state index contributed by atoms with van der Waals surface area (Å²) in [6.07, 6.45) is 3.98. The first-order chi connectivity index (χ1) is 12.7. The van der Waals surface area contributed by atoms with Crippen molar-refractivity contribution in [2.75, 3.05) is 7.11 Å². The van der Waals surface area contributed by atoms with E-state index in [2.05, 4.69) is 22.7 Å². The summed E-state index contributed by atoms with van der Waals surface area (Å²) in [6.45, 7) is 3.04. The van der Waals surface area contributed by atoms with Crippen molar-refractivity contribution in [2.45, 2.75) is 26.3 Å². The third-order valence-corrected chi connectivity index (χ3v) is 4.58. The Bertz CT molecular complexity index is 946. The van der Waals surface area contributed by atoms with E-state index in [1.165, 1.54) is 0 Å². The van der Waals surface area contributed by atoms with Gasteiger partial charge in [-0.1, -0.05) is 35.3 Å². The Balaban J connectivity index is 2.09. The van der Waals surface area contributed by atoms with Gasteiger partial charge in [-0.15, -0.1) is 0 Å². The van der Waals surface area contributed by atoms with Crippen LogP contribution in [0, 0.1) is 0 Å². The zero-order chi connectivity index (χ0) is 18.5. The van der Waals surface area contributed by atoms with Gasteiger partial charge in [0, 0.05) is 0 Å². The number of unbranched alkanes of at least 4 members (excludes halogenated alkanes) is 1. The van der Waals surface area contributed by atoms with Gasteiger partial charge in [-0.3, -0.25) is 0 Å². The lowest BCUT2D eigenvalue weighted by molar-refractivity contribution is -0.673. The Hall–Kier alpha value is -2.31. The molecule has 0 saturated carbocycles. The van der Waals surface area contributed by atoms with E-state index in [-0.39, 0.29) is 0 Å². The number of fused-ring (bicyclic) bond motifs is 1. The second-order valence-electron chi connectivity index (χ2n) is 5.93. The minimum Gasteiger partial charge on any atom is -0.497 e. The van der Waals surface area contributed by atoms with Gasteiger partial charge in [0.15, 0.2) is 5.52 Å². The molecule has 0 aliphatic carbocycles. The molecule has 6 heteroatoms. The van der Waals surface area contributed by atoms with E-state index < -0.39 is 0 Å². The molecule has 0 unspecified atom stereocenters. The van der Waals surface area contributed by atoms with Crippen LogP contribution in [0.15, 0.2) is 53.6 Å². The first kappa shape index (κ1) is 18.5. The van der Waals surface area contributed by atoms with E-state index in [9.17, 15) is 0 Å². The number of para-hydroxylation sites is 2. The highest BCUT2D eigenvalue weighted by Crippen LogP contribution is 2.16. The quantitative estimate of drug-likeness (QED) is 0.269. The van der Waals surface area contributed by atoms with E-state index in [1.54, 1.807) is 7.11 Å². The van der Waals surface area contributed by atoms with Crippen LogP contribution in [0.5, 0.6) is 5.75 Å². The summed E-state index contributed by atoms with van der Waals surface area (Å²) in [7, 11) is 1.65. The molecule has 0 spiro atoms. The molecular weight excluding hydrogens is 362 g/mol. The second kappa shape index (κ2) is 8.38. The van der Waals surface area contributed by atoms with Crippen molar-refractivity contribution in [1.82, 2.24) is 4.68 Å². The fraction of sp³-hybridized carbons (Fsp3) is 0.250. The number of nitrogens with zero attached hydrogens (tertiary/aromatic N) is 3. The first-order valence-electron chi connectivity index (χ1n) is 8.58. The zero-order valence-corrected chi connectivity index (χ0v) is 16.5. The lowest BCUT2D eigenvalue weighted by Gasteiger charge is -2.05. The van der Waals surface area contributed by atoms with Crippen LogP contribution in [-0.2, 0) is 19.2 Å². The molecule has 0 radical (unpaired) electrons. The zero-order valence-electron chi connectivity index (χ0n) is 14.9. The number of aryl methyl sites for hydroxylation is 1. The first-order valence-corrected chi connectivity index (χ1v) is 9.40. The number of thiocarbonyl (C=S) groups is 1. The largest absolute Gasteiger partial charge is 0.497 e. The molecule has 0 bridgehead atoms. The summed E-state index contributed by atoms with van der Waals surface area (Å²) in [5.74, 6) is 1.60. The molecule has 0 aliphatic heterocycles. The summed E-state index contributed by atoms with van der Waals surface area (Å²) >= 11 is 10.7. The predicted molar refractivity (Wildman–Crippen MR) is 112 cm³/mol. The van der Waals surface area contributed by atoms with Gasteiger partial charge in [0.25, 0.3) is 5.82 Å². The van der Waals surface area contributed by atoms with E-state index >= 15 is 0 Å². The van der Waals surface area contributed by atoms with Crippen LogP contribution in [0.25, 0.3) is 11.0 Å². The minimum absolute atomic E-state index is 0.421. The number of rotatable bonds is 7. The highest BCUT2D eigenvalue weighted by Gasteiger charge is 2.23. The van der Waals surface area contributed by atoms with Gasteiger partial charge in [-0.25, -0.2) is 4.57 Å². The molecule has 1 aromatic heterocycles. The summed E-state index contributed by atoms with van der Waals surface area (Å²) < 4.78 is 9.65. The van der Waals surface area contributed by atoms with Crippen molar-refractivity contribution >= 4 is 46.3 Å². The van der Waals surface area contributed by atoms with Gasteiger partial charge in [-0.2, -0.15) is 0 Å². The van der Waals surface area contributed by atoms with Gasteiger partial charge in [-0.05, 0) is 52.6 Å². The summed E-state index contributed by atoms with van der Waals surface area (Å²) in [6, 6.07) is 15.9. The van der Waals surface area contributed by atoms with Gasteiger partial charge in [0.1, 0.15) is 5.75 Å². The van der Waals surface area contributed by atoms with Crippen molar-refractivity contribution in [3.63, 3.8) is 0 Å². The molecule has 0 amide bonds. The van der Waals surface area contributed by atoms with Crippen molar-refractivity contribution in [3.05, 3.63) is 59.9 Å². The van der Waals surface area contributed by atoms with E-state index in [1.807, 2.05) is 53.4 Å². The number of aromatic nitrogens is 2. The Morgan fingerprint density at radius 3 is 2.62 bits per heavy atom. The average Bonchev–Trinajstić information content (AvgIpc) is 2.99. The van der Waals surface area contributed by atoms with Crippen LogP contribution in [0.2, 0.25) is 0 Å². The van der Waals surface area contributed by atoms with Crippen molar-refractivity contribution in [1.29, 1.82) is 0 Å². The molecule has 1 heterocycles. The molecular formula is C20H21N3OS2. The summed E-state index contributed by atoms with van der Waals surface area (Å²) in [4.78, 5) is 0. The summed E-state index contributed by atoms with van der Waals surface area (Å²) in [5, 5.41) is 4.69. The third kappa shape index (κ3) is 3.76. The predicted octanol–water partition coefficient (Wildman–Crippen LogP) is 3.84. The highest BCUT2D eigenvalue weighted by atomic mass is 32.1. The summed E-state index contributed by atoms with van der Waals surface area (Å²) in [5.41, 5.74) is 3.07. The van der Waals surface area contributed by atoms with Crippen molar-refractivity contribution < 1.29 is 9.30 Å². The SMILES string of the molecule is CCCC[n+]1c(C(=S)[S-])n(/N=C/c2ccc(OC)cc2)c2ccccc21. The normalized spacial score (nSPS) is 11.3. The second-order valence-corrected chi connectivity index (χ2v) is 7.01. The van der Waals surface area contributed by atoms with E-state index in [0.717, 1.165) is 47.6 Å². The minimum atomic E-state index is 0.421. The highest BCUT2D eigenvalue weighted by molar-refractivity contribution is 8.01. The maximum atomic E-state index is 5.37. The van der Waals surface area contributed by atoms with Crippen LogP contribution in [-0.4, -0.2) is 22.2 Å². The van der Waals surface area contributed by atoms with Crippen LogP contribution in [0.4, 0.5) is 0 Å². The lowest BCUT2D eigenvalue weighted by atomic mass is 10.2. The maximum absolute atomic E-state index is 5.37. The lowest BCUT2D eigenvalue weighted by Crippen LogP contribution is -2.39. The number of imidazole rings is 1. The molecule has 2 aromatic carbocycles. The molecule has 0 N–H and O–H groups in total. The van der Waals surface area contributed by atoms with E-state index in [0.29, 0.717) is 4.20 Å². The van der Waals surface area contributed by atoms with Crippen LogP contribution in [0.3, 0.4) is 0 Å². The number of hydrogen-bond donors (Lipinski definition) is 0. The van der Waals surface area contributed by atoms with Crippen molar-refractivity contribution in [2.24, 2.45) is 5.10 Å². The molecule has 134 valence electrons. The average molecular weight is 384 g/mol. The fourth-order valence-electron chi connectivity index (χ4n) is 2.88. The third-order valence-electron chi connectivity index (χ3n) is 4.21.